The van der Waals surface area contributed by atoms with Crippen molar-refractivity contribution in [3.63, 3.8) is 0 Å². The van der Waals surface area contributed by atoms with Crippen LogP contribution in [0.3, 0.4) is 0 Å². The summed E-state index contributed by atoms with van der Waals surface area (Å²) >= 11 is 0. The van der Waals surface area contributed by atoms with Gasteiger partial charge in [-0.1, -0.05) is 6.07 Å². The molecular formula is C13H12N4O4. The molecule has 3 rings (SSSR count). The van der Waals surface area contributed by atoms with E-state index in [0.717, 1.165) is 0 Å². The van der Waals surface area contributed by atoms with Crippen molar-refractivity contribution < 1.29 is 13.8 Å². The number of aromatic nitrogens is 2. The molecule has 0 amide bonds. The van der Waals surface area contributed by atoms with E-state index in [9.17, 15) is 10.1 Å². The second kappa shape index (κ2) is 4.89. The maximum Gasteiger partial charge on any atom is 0.298 e. The second-order valence-corrected chi connectivity index (χ2v) is 4.58. The van der Waals surface area contributed by atoms with E-state index in [0.29, 0.717) is 17.2 Å². The van der Waals surface area contributed by atoms with Crippen molar-refractivity contribution in [3.05, 3.63) is 46.2 Å². The minimum atomic E-state index is -0.491. The number of rotatable bonds is 4. The lowest BCUT2D eigenvalue weighted by molar-refractivity contribution is -0.383. The van der Waals surface area contributed by atoms with Gasteiger partial charge in [-0.3, -0.25) is 10.1 Å². The molecule has 108 valence electrons. The molecule has 21 heavy (non-hydrogen) atoms. The lowest BCUT2D eigenvalue weighted by Crippen LogP contribution is -2.06. The molecule has 0 aliphatic carbocycles. The number of oxazole rings is 2. The van der Waals surface area contributed by atoms with E-state index >= 15 is 0 Å². The number of fused-ring (bicyclic) bond motifs is 1. The van der Waals surface area contributed by atoms with Crippen LogP contribution in [-0.2, 0) is 0 Å². The van der Waals surface area contributed by atoms with Crippen molar-refractivity contribution >= 4 is 22.8 Å². The molecule has 0 bridgehead atoms. The maximum atomic E-state index is 10.9. The highest BCUT2D eigenvalue weighted by molar-refractivity contribution is 5.84. The molecule has 2 aromatic heterocycles. The summed E-state index contributed by atoms with van der Waals surface area (Å²) in [6.07, 6.45) is 1.62. The summed E-state index contributed by atoms with van der Waals surface area (Å²) in [5.74, 6) is 1.19. The minimum absolute atomic E-state index is 0.0936. The molecule has 0 aliphatic heterocycles. The van der Waals surface area contributed by atoms with Crippen molar-refractivity contribution in [3.8, 4) is 0 Å². The first-order valence-electron chi connectivity index (χ1n) is 6.27. The predicted molar refractivity (Wildman–Crippen MR) is 73.9 cm³/mol. The molecule has 0 fully saturated rings. The molecular weight excluding hydrogens is 276 g/mol. The number of anilines is 1. The zero-order chi connectivity index (χ0) is 15.0. The molecule has 0 saturated heterocycles. The summed E-state index contributed by atoms with van der Waals surface area (Å²) in [7, 11) is 0. The van der Waals surface area contributed by atoms with Crippen LogP contribution in [0.25, 0.3) is 11.1 Å². The Kier molecular flexibility index (Phi) is 3.05. The van der Waals surface area contributed by atoms with Crippen molar-refractivity contribution in [1.29, 1.82) is 0 Å². The van der Waals surface area contributed by atoms with Crippen molar-refractivity contribution in [1.82, 2.24) is 9.97 Å². The van der Waals surface area contributed by atoms with E-state index in [1.165, 1.54) is 6.07 Å². The van der Waals surface area contributed by atoms with Gasteiger partial charge in [0.05, 0.1) is 11.1 Å². The molecule has 3 aromatic rings. The molecule has 1 N–H and O–H groups in total. The molecule has 1 unspecified atom stereocenters. The first-order chi connectivity index (χ1) is 10.0. The highest BCUT2D eigenvalue weighted by Gasteiger charge is 2.19. The summed E-state index contributed by atoms with van der Waals surface area (Å²) in [6, 6.07) is 4.47. The first-order valence-corrected chi connectivity index (χ1v) is 6.27. The lowest BCUT2D eigenvalue weighted by atomic mass is 10.3. The van der Waals surface area contributed by atoms with Crippen molar-refractivity contribution in [2.75, 3.05) is 5.32 Å². The predicted octanol–water partition coefficient (Wildman–Crippen LogP) is 3.21. The van der Waals surface area contributed by atoms with Crippen LogP contribution in [0.2, 0.25) is 0 Å². The Morgan fingerprint density at radius 2 is 2.19 bits per heavy atom. The van der Waals surface area contributed by atoms with Gasteiger partial charge in [0.2, 0.25) is 5.89 Å². The van der Waals surface area contributed by atoms with Gasteiger partial charge in [0.15, 0.2) is 11.1 Å². The van der Waals surface area contributed by atoms with E-state index in [-0.39, 0.29) is 23.3 Å². The number of hydrogen-bond acceptors (Lipinski definition) is 7. The Morgan fingerprint density at radius 3 is 2.86 bits per heavy atom. The molecule has 8 heteroatoms. The highest BCUT2D eigenvalue weighted by Crippen LogP contribution is 2.28. The van der Waals surface area contributed by atoms with Crippen LogP contribution in [-0.4, -0.2) is 14.9 Å². The van der Waals surface area contributed by atoms with Gasteiger partial charge in [-0.05, 0) is 19.9 Å². The molecule has 1 atom stereocenters. The third kappa shape index (κ3) is 2.42. The quantitative estimate of drug-likeness (QED) is 0.580. The summed E-state index contributed by atoms with van der Waals surface area (Å²) in [6.45, 7) is 3.63. The molecule has 1 aromatic carbocycles. The fourth-order valence-electron chi connectivity index (χ4n) is 1.96. The van der Waals surface area contributed by atoms with Crippen LogP contribution in [0.1, 0.15) is 24.6 Å². The number of hydrogen-bond donors (Lipinski definition) is 1. The van der Waals surface area contributed by atoms with Crippen LogP contribution < -0.4 is 5.32 Å². The first kappa shape index (κ1) is 13.1. The summed E-state index contributed by atoms with van der Waals surface area (Å²) in [4.78, 5) is 18.7. The van der Waals surface area contributed by atoms with Crippen molar-refractivity contribution in [2.45, 2.75) is 19.9 Å². The summed E-state index contributed by atoms with van der Waals surface area (Å²) in [5, 5.41) is 13.9. The zero-order valence-electron chi connectivity index (χ0n) is 11.4. The van der Waals surface area contributed by atoms with Gasteiger partial charge in [0, 0.05) is 6.07 Å². The van der Waals surface area contributed by atoms with E-state index in [4.69, 9.17) is 8.83 Å². The van der Waals surface area contributed by atoms with E-state index < -0.39 is 4.92 Å². The molecule has 0 aliphatic rings. The number of para-hydroxylation sites is 1. The van der Waals surface area contributed by atoms with Gasteiger partial charge in [-0.2, -0.15) is 4.98 Å². The van der Waals surface area contributed by atoms with Gasteiger partial charge in [-0.25, -0.2) is 4.98 Å². The topological polar surface area (TPSA) is 107 Å². The van der Waals surface area contributed by atoms with Crippen LogP contribution in [0.5, 0.6) is 0 Å². The molecule has 0 spiro atoms. The Balaban J connectivity index is 1.91. The van der Waals surface area contributed by atoms with Crippen LogP contribution in [0, 0.1) is 17.0 Å². The molecule has 0 saturated carbocycles. The van der Waals surface area contributed by atoms with Crippen LogP contribution in [0.15, 0.2) is 33.2 Å². The van der Waals surface area contributed by atoms with Gasteiger partial charge in [0.1, 0.15) is 11.8 Å². The fraction of sp³-hybridized carbons (Fsp3) is 0.231. The number of nitro benzene ring substituents is 1. The Morgan fingerprint density at radius 1 is 1.38 bits per heavy atom. The normalized spacial score (nSPS) is 12.5. The zero-order valence-corrected chi connectivity index (χ0v) is 11.4. The monoisotopic (exact) mass is 288 g/mol. The lowest BCUT2D eigenvalue weighted by Gasteiger charge is -2.06. The number of benzene rings is 1. The second-order valence-electron chi connectivity index (χ2n) is 4.58. The SMILES string of the molecule is Cc1cnc(C(C)Nc2nc3c([N+](=O)[O-])cccc3o2)o1. The van der Waals surface area contributed by atoms with Gasteiger partial charge in [0.25, 0.3) is 11.7 Å². The Labute approximate surface area is 118 Å². The Bertz CT molecular complexity index is 807. The third-order valence-corrected chi connectivity index (χ3v) is 2.94. The number of aryl methyl sites for hydroxylation is 1. The molecule has 2 heterocycles. The van der Waals surface area contributed by atoms with E-state index in [1.807, 2.05) is 6.92 Å². The minimum Gasteiger partial charge on any atom is -0.444 e. The Hall–Kier alpha value is -2.90. The number of nitrogens with zero attached hydrogens (tertiary/aromatic N) is 3. The van der Waals surface area contributed by atoms with Crippen LogP contribution >= 0.6 is 0 Å². The maximum absolute atomic E-state index is 10.9. The molecule has 8 nitrogen and oxygen atoms in total. The number of non-ortho nitro benzene ring substituents is 1. The van der Waals surface area contributed by atoms with E-state index in [1.54, 1.807) is 25.3 Å². The number of nitrogens with one attached hydrogen (secondary N) is 1. The highest BCUT2D eigenvalue weighted by atomic mass is 16.6. The average Bonchev–Trinajstić information content (AvgIpc) is 3.03. The van der Waals surface area contributed by atoms with E-state index in [2.05, 4.69) is 15.3 Å². The summed E-state index contributed by atoms with van der Waals surface area (Å²) in [5.41, 5.74) is 0.465. The number of nitro groups is 1. The third-order valence-electron chi connectivity index (χ3n) is 2.94. The largest absolute Gasteiger partial charge is 0.444 e. The fourth-order valence-corrected chi connectivity index (χ4v) is 1.96. The van der Waals surface area contributed by atoms with Crippen molar-refractivity contribution in [2.24, 2.45) is 0 Å². The van der Waals surface area contributed by atoms with Crippen LogP contribution in [0.4, 0.5) is 11.7 Å². The van der Waals surface area contributed by atoms with Gasteiger partial charge < -0.3 is 14.2 Å². The van der Waals surface area contributed by atoms with Gasteiger partial charge in [-0.15, -0.1) is 0 Å². The average molecular weight is 288 g/mol. The van der Waals surface area contributed by atoms with Gasteiger partial charge >= 0.3 is 0 Å². The smallest absolute Gasteiger partial charge is 0.298 e. The standard InChI is InChI=1S/C13H12N4O4/c1-7-6-14-12(20-7)8(2)15-13-16-11-9(17(18)19)4-3-5-10(11)21-13/h3-6,8H,1-2H3,(H,15,16). The summed E-state index contributed by atoms with van der Waals surface area (Å²) < 4.78 is 10.9. The molecule has 0 radical (unpaired) electrons.